The van der Waals surface area contributed by atoms with E-state index < -0.39 is 0 Å². The molecule has 0 aliphatic heterocycles. The smallest absolute Gasteiger partial charge is 0.159 e. The molecular formula is C16H23N5O. The second-order valence-corrected chi connectivity index (χ2v) is 6.85. The third-order valence-corrected chi connectivity index (χ3v) is 4.07. The maximum Gasteiger partial charge on any atom is 0.159 e. The molecule has 2 heterocycles. The lowest BCUT2D eigenvalue weighted by molar-refractivity contribution is -0.119. The van der Waals surface area contributed by atoms with Crippen LogP contribution < -0.4 is 11.1 Å². The van der Waals surface area contributed by atoms with E-state index >= 15 is 0 Å². The molecule has 1 aliphatic carbocycles. The number of Topliss-reactive ketones (excluding diaryl/α,β-unsaturated/α-hetero) is 1. The highest BCUT2D eigenvalue weighted by Gasteiger charge is 2.30. The zero-order valence-electron chi connectivity index (χ0n) is 13.2. The summed E-state index contributed by atoms with van der Waals surface area (Å²) in [6, 6.07) is 5.80. The molecule has 22 heavy (non-hydrogen) atoms. The van der Waals surface area contributed by atoms with Crippen LogP contribution in [-0.2, 0) is 11.2 Å². The lowest BCUT2D eigenvalue weighted by Crippen LogP contribution is -2.31. The Morgan fingerprint density at radius 3 is 2.91 bits per heavy atom. The van der Waals surface area contributed by atoms with Gasteiger partial charge in [-0.15, -0.1) is 5.10 Å². The van der Waals surface area contributed by atoms with Crippen molar-refractivity contribution in [2.24, 2.45) is 17.1 Å². The quantitative estimate of drug-likeness (QED) is 0.812. The Morgan fingerprint density at radius 1 is 1.45 bits per heavy atom. The van der Waals surface area contributed by atoms with Gasteiger partial charge in [-0.05, 0) is 36.9 Å². The van der Waals surface area contributed by atoms with Crippen LogP contribution in [0.15, 0.2) is 18.2 Å². The second-order valence-electron chi connectivity index (χ2n) is 6.85. The molecule has 3 rings (SSSR count). The third kappa shape index (κ3) is 3.27. The lowest BCUT2D eigenvalue weighted by atomic mass is 9.94. The number of aromatic nitrogens is 3. The molecule has 0 unspecified atom stereocenters. The highest BCUT2D eigenvalue weighted by atomic mass is 16.1. The summed E-state index contributed by atoms with van der Waals surface area (Å²) in [5.41, 5.74) is 6.53. The van der Waals surface area contributed by atoms with Gasteiger partial charge in [0.05, 0.1) is 6.42 Å². The molecule has 1 saturated carbocycles. The van der Waals surface area contributed by atoms with E-state index in [1.54, 1.807) is 4.52 Å². The number of anilines is 1. The van der Waals surface area contributed by atoms with Crippen molar-refractivity contribution in [2.45, 2.75) is 33.1 Å². The molecule has 2 aromatic heterocycles. The average molecular weight is 301 g/mol. The Morgan fingerprint density at radius 2 is 2.23 bits per heavy atom. The molecule has 0 amide bonds. The van der Waals surface area contributed by atoms with Gasteiger partial charge in [-0.25, -0.2) is 4.98 Å². The van der Waals surface area contributed by atoms with E-state index in [4.69, 9.17) is 5.73 Å². The second kappa shape index (κ2) is 5.68. The van der Waals surface area contributed by atoms with Crippen molar-refractivity contribution in [1.82, 2.24) is 14.6 Å². The van der Waals surface area contributed by atoms with Crippen molar-refractivity contribution >= 4 is 17.2 Å². The highest BCUT2D eigenvalue weighted by Crippen LogP contribution is 2.30. The molecule has 1 fully saturated rings. The van der Waals surface area contributed by atoms with Crippen LogP contribution in [0.3, 0.4) is 0 Å². The molecule has 0 atom stereocenters. The molecule has 0 aromatic carbocycles. The zero-order chi connectivity index (χ0) is 15.7. The Labute approximate surface area is 130 Å². The first-order valence-electron chi connectivity index (χ1n) is 7.80. The van der Waals surface area contributed by atoms with Gasteiger partial charge < -0.3 is 11.1 Å². The number of nitrogens with two attached hydrogens (primary N) is 1. The van der Waals surface area contributed by atoms with Gasteiger partial charge in [0.25, 0.3) is 0 Å². The minimum Gasteiger partial charge on any atom is -0.369 e. The number of hydrogen-bond acceptors (Lipinski definition) is 5. The Balaban J connectivity index is 1.78. The number of carbonyl (C=O) groups is 1. The van der Waals surface area contributed by atoms with Crippen molar-refractivity contribution in [1.29, 1.82) is 0 Å². The molecule has 2 aromatic rings. The number of pyridine rings is 1. The van der Waals surface area contributed by atoms with E-state index in [0.717, 1.165) is 30.9 Å². The first kappa shape index (κ1) is 15.0. The number of hydrogen-bond donors (Lipinski definition) is 2. The highest BCUT2D eigenvalue weighted by molar-refractivity contribution is 5.84. The number of ketones is 1. The van der Waals surface area contributed by atoms with E-state index in [1.165, 1.54) is 0 Å². The van der Waals surface area contributed by atoms with Crippen LogP contribution in [-0.4, -0.2) is 33.5 Å². The summed E-state index contributed by atoms with van der Waals surface area (Å²) in [6.07, 6.45) is 2.38. The van der Waals surface area contributed by atoms with E-state index in [1.807, 2.05) is 18.2 Å². The van der Waals surface area contributed by atoms with Crippen LogP contribution in [0, 0.1) is 11.3 Å². The summed E-state index contributed by atoms with van der Waals surface area (Å²) in [7, 11) is 0. The molecule has 6 nitrogen and oxygen atoms in total. The SMILES string of the molecule is CC(C)(CN)CNc1cccc2nc(CC(=O)C3CC3)nn12. The van der Waals surface area contributed by atoms with Crippen LogP contribution in [0.25, 0.3) is 5.65 Å². The van der Waals surface area contributed by atoms with Crippen molar-refractivity contribution in [2.75, 3.05) is 18.4 Å². The third-order valence-electron chi connectivity index (χ3n) is 4.07. The summed E-state index contributed by atoms with van der Waals surface area (Å²) in [5, 5.41) is 7.86. The molecule has 3 N–H and O–H groups in total. The van der Waals surface area contributed by atoms with E-state index in [2.05, 4.69) is 29.2 Å². The Kier molecular flexibility index (Phi) is 3.87. The fourth-order valence-electron chi connectivity index (χ4n) is 2.27. The first-order chi connectivity index (χ1) is 10.5. The molecule has 0 saturated heterocycles. The zero-order valence-corrected chi connectivity index (χ0v) is 13.2. The van der Waals surface area contributed by atoms with Gasteiger partial charge in [-0.2, -0.15) is 4.52 Å². The number of fused-ring (bicyclic) bond motifs is 1. The van der Waals surface area contributed by atoms with Gasteiger partial charge in [0.1, 0.15) is 11.6 Å². The molecule has 1 aliphatic rings. The van der Waals surface area contributed by atoms with Crippen LogP contribution in [0.4, 0.5) is 5.82 Å². The monoisotopic (exact) mass is 301 g/mol. The first-order valence-corrected chi connectivity index (χ1v) is 7.80. The van der Waals surface area contributed by atoms with Crippen LogP contribution in [0.2, 0.25) is 0 Å². The standard InChI is InChI=1S/C16H23N5O/c1-16(2,9-17)10-18-14-4-3-5-15-19-13(20-21(14)15)8-12(22)11-6-7-11/h3-5,11,18H,6-10,17H2,1-2H3. The van der Waals surface area contributed by atoms with Gasteiger partial charge in [-0.3, -0.25) is 4.79 Å². The fourth-order valence-corrected chi connectivity index (χ4v) is 2.27. The Bertz CT molecular complexity index is 687. The van der Waals surface area contributed by atoms with E-state index in [-0.39, 0.29) is 17.1 Å². The van der Waals surface area contributed by atoms with Gasteiger partial charge in [-0.1, -0.05) is 19.9 Å². The lowest BCUT2D eigenvalue weighted by Gasteiger charge is -2.23. The van der Waals surface area contributed by atoms with Crippen molar-refractivity contribution in [3.8, 4) is 0 Å². The van der Waals surface area contributed by atoms with Gasteiger partial charge in [0, 0.05) is 12.5 Å². The minimum absolute atomic E-state index is 0.00746. The molecule has 0 radical (unpaired) electrons. The van der Waals surface area contributed by atoms with Crippen LogP contribution in [0.1, 0.15) is 32.5 Å². The summed E-state index contributed by atoms with van der Waals surface area (Å²) >= 11 is 0. The summed E-state index contributed by atoms with van der Waals surface area (Å²) in [5.74, 6) is 1.98. The summed E-state index contributed by atoms with van der Waals surface area (Å²) in [6.45, 7) is 5.58. The molecule has 0 spiro atoms. The largest absolute Gasteiger partial charge is 0.369 e. The van der Waals surface area contributed by atoms with Gasteiger partial charge in [0.15, 0.2) is 11.5 Å². The van der Waals surface area contributed by atoms with Crippen molar-refractivity contribution in [3.63, 3.8) is 0 Å². The van der Waals surface area contributed by atoms with E-state index in [0.29, 0.717) is 18.8 Å². The molecule has 118 valence electrons. The summed E-state index contributed by atoms with van der Waals surface area (Å²) in [4.78, 5) is 16.4. The maximum absolute atomic E-state index is 11.9. The fraction of sp³-hybridized carbons (Fsp3) is 0.562. The molecule has 6 heteroatoms. The number of rotatable bonds is 7. The minimum atomic E-state index is 0.00746. The predicted octanol–water partition coefficient (Wildman–Crippen LogP) is 1.65. The van der Waals surface area contributed by atoms with Crippen molar-refractivity contribution < 1.29 is 4.79 Å². The molecular weight excluding hydrogens is 278 g/mol. The average Bonchev–Trinajstić information content (AvgIpc) is 3.26. The number of nitrogens with zero attached hydrogens (tertiary/aromatic N) is 3. The van der Waals surface area contributed by atoms with Crippen LogP contribution in [0.5, 0.6) is 0 Å². The number of carbonyl (C=O) groups excluding carboxylic acids is 1. The number of nitrogens with one attached hydrogen (secondary N) is 1. The predicted molar refractivity (Wildman–Crippen MR) is 85.7 cm³/mol. The van der Waals surface area contributed by atoms with Gasteiger partial charge in [0.2, 0.25) is 0 Å². The van der Waals surface area contributed by atoms with E-state index in [9.17, 15) is 4.79 Å². The topological polar surface area (TPSA) is 85.3 Å². The summed E-state index contributed by atoms with van der Waals surface area (Å²) < 4.78 is 1.77. The normalized spacial score (nSPS) is 15.2. The van der Waals surface area contributed by atoms with Crippen LogP contribution >= 0.6 is 0 Å². The van der Waals surface area contributed by atoms with Crippen molar-refractivity contribution in [3.05, 3.63) is 24.0 Å². The van der Waals surface area contributed by atoms with Gasteiger partial charge >= 0.3 is 0 Å². The Hall–Kier alpha value is -1.95. The maximum atomic E-state index is 11.9. The molecule has 0 bridgehead atoms.